The van der Waals surface area contributed by atoms with Gasteiger partial charge in [-0.05, 0) is 162 Å². The Hall–Kier alpha value is -9.12. The molecule has 0 saturated heterocycles. The number of rotatable bonds is 18. The number of ether oxygens (including phenoxy) is 6. The molecule has 6 heterocycles. The Bertz CT molecular complexity index is 4300. The zero-order chi connectivity index (χ0) is 77.6. The van der Waals surface area contributed by atoms with Crippen molar-refractivity contribution in [2.75, 3.05) is 58.3 Å². The number of hydrogen-bond acceptors (Lipinski definition) is 23. The highest BCUT2D eigenvalue weighted by Crippen LogP contribution is 2.45. The Kier molecular flexibility index (Phi) is 28.3. The number of nitrogens with one attached hydrogen (secondary N) is 2. The number of ketones is 1. The Labute approximate surface area is 604 Å². The van der Waals surface area contributed by atoms with Crippen molar-refractivity contribution >= 4 is 79.5 Å². The molecule has 104 heavy (non-hydrogen) atoms. The van der Waals surface area contributed by atoms with Gasteiger partial charge in [-0.25, -0.2) is 47.7 Å². The lowest BCUT2D eigenvalue weighted by Gasteiger charge is -2.24. The fourth-order valence-electron chi connectivity index (χ4n) is 10.9. The van der Waals surface area contributed by atoms with E-state index in [4.69, 9.17) is 34.9 Å². The van der Waals surface area contributed by atoms with Gasteiger partial charge in [0, 0.05) is 66.9 Å². The minimum Gasteiger partial charge on any atom is -0.464 e. The number of anilines is 2. The van der Waals surface area contributed by atoms with Gasteiger partial charge in [-0.3, -0.25) is 9.59 Å². The number of hydrogen-bond donors (Lipinski definition) is 3. The number of alkyl halides is 3. The smallest absolute Gasteiger partial charge is 0.464 e. The molecule has 6 aromatic heterocycles. The van der Waals surface area contributed by atoms with Crippen LogP contribution >= 0.6 is 0 Å². The van der Waals surface area contributed by atoms with Gasteiger partial charge in [0.2, 0.25) is 5.78 Å². The van der Waals surface area contributed by atoms with Crippen molar-refractivity contribution < 1.29 is 83.0 Å². The number of fused-ring (bicyclic) bond motifs is 2. The van der Waals surface area contributed by atoms with Gasteiger partial charge >= 0.3 is 45.5 Å². The highest BCUT2D eigenvalue weighted by atomic mass is 32.2. The molecule has 0 aliphatic heterocycles. The second-order valence-electron chi connectivity index (χ2n) is 29.2. The molecular formula is C72H101F3N12O16S. The highest BCUT2D eigenvalue weighted by Gasteiger charge is 2.49. The van der Waals surface area contributed by atoms with E-state index >= 15 is 0 Å². The minimum absolute atomic E-state index is 0.00144. The standard InChI is InChI=1S/C18H22F3N3O5S.C18H27N3O4.C17H23N3O3.C11H19N3.C8H10O4/c1-5-28-16(25)11-9-12(29-30(26,27)18(19,20)21)13-14(10-7-6-8-10)23-24(15(13)22-11)17(2,3)4;1-6-25-16(22)11-14(17(23)24-5)19-15-10-13(12-8-7-9-12)20-21(15)18(2,3)4;1-17(2,3)20-16-14(15(19-20)10-6-5-7-10)12(21)8-11(18-16)13(22)9-23-4;1-11(2,3)14-10(12)7-9(13-14)8-5-4-6-8;1-3-11-7(9)5-6-8(10)12-4-2/h9-10H,5-8H2,1-4H3;10-12,19H,6-9H2,1-5H3;8,10H,5-7,9H2,1-4H3,(H,18,21);7-8H,4-6,12H2,1-3H3;3-4H2,1-2H3. The summed E-state index contributed by atoms with van der Waals surface area (Å²) < 4.78 is 102. The Morgan fingerprint density at radius 2 is 1.08 bits per heavy atom. The number of Topliss-reactive ketones (excluding diaryl/α,β-unsaturated/α-hetero) is 1. The summed E-state index contributed by atoms with van der Waals surface area (Å²) in [7, 11) is -3.24. The van der Waals surface area contributed by atoms with E-state index in [1.165, 1.54) is 62.8 Å². The van der Waals surface area contributed by atoms with Crippen LogP contribution in [0.5, 0.6) is 5.75 Å². The average molecular weight is 1480 g/mol. The summed E-state index contributed by atoms with van der Waals surface area (Å²) in [5, 5.41) is 22.3. The van der Waals surface area contributed by atoms with Crippen LogP contribution in [-0.4, -0.2) is 146 Å². The van der Waals surface area contributed by atoms with Crippen molar-refractivity contribution in [1.82, 2.24) is 49.1 Å². The van der Waals surface area contributed by atoms with E-state index < -0.39 is 56.8 Å². The van der Waals surface area contributed by atoms with Gasteiger partial charge < -0.3 is 48.6 Å². The van der Waals surface area contributed by atoms with Crippen molar-refractivity contribution in [3.63, 3.8) is 0 Å². The molecule has 4 saturated carbocycles. The molecule has 0 aromatic carbocycles. The molecule has 0 unspecified atom stereocenters. The molecule has 0 spiro atoms. The van der Waals surface area contributed by atoms with Gasteiger partial charge in [-0.1, -0.05) is 25.7 Å². The lowest BCUT2D eigenvalue weighted by atomic mass is 9.82. The van der Waals surface area contributed by atoms with E-state index in [0.717, 1.165) is 74.3 Å². The number of nitrogen functional groups attached to an aromatic ring is 1. The van der Waals surface area contributed by atoms with E-state index in [1.807, 2.05) is 79.6 Å². The first-order valence-electron chi connectivity index (χ1n) is 34.9. The summed E-state index contributed by atoms with van der Waals surface area (Å²) in [6, 6.07) is 6.22. The van der Waals surface area contributed by atoms with Gasteiger partial charge in [-0.15, -0.1) is 0 Å². The normalized spacial score (nSPS) is 15.1. The first kappa shape index (κ1) is 83.8. The largest absolute Gasteiger partial charge is 0.534 e. The molecule has 0 bridgehead atoms. The van der Waals surface area contributed by atoms with Crippen LogP contribution in [0, 0.1) is 11.8 Å². The lowest BCUT2D eigenvalue weighted by Crippen LogP contribution is -2.28. The summed E-state index contributed by atoms with van der Waals surface area (Å²) in [5.41, 5.74) is 3.01. The number of halogens is 3. The predicted molar refractivity (Wildman–Crippen MR) is 382 cm³/mol. The summed E-state index contributed by atoms with van der Waals surface area (Å²) in [4.78, 5) is 89.2. The lowest BCUT2D eigenvalue weighted by molar-refractivity contribution is -0.139. The Balaban J connectivity index is 0.000000211. The second kappa shape index (κ2) is 35.1. The fraction of sp³-hybridized carbons (Fsp3) is 0.611. The number of carbonyl (C=O) groups excluding carboxylic acids is 6. The fourth-order valence-corrected chi connectivity index (χ4v) is 11.4. The third-order valence-corrected chi connectivity index (χ3v) is 17.9. The van der Waals surface area contributed by atoms with E-state index in [9.17, 15) is 55.2 Å². The average Bonchev–Trinajstić information content (AvgIpc) is 1.60. The van der Waals surface area contributed by atoms with Crippen LogP contribution in [0.3, 0.4) is 0 Å². The number of nitrogens with two attached hydrogens (primary N) is 1. The Morgan fingerprint density at radius 1 is 0.615 bits per heavy atom. The molecule has 0 atom stereocenters. The van der Waals surface area contributed by atoms with Crippen molar-refractivity contribution in [2.45, 2.75) is 239 Å². The van der Waals surface area contributed by atoms with Crippen LogP contribution in [-0.2, 0) is 79.9 Å². The first-order valence-corrected chi connectivity index (χ1v) is 36.3. The molecule has 0 radical (unpaired) electrons. The Morgan fingerprint density at radius 3 is 1.50 bits per heavy atom. The number of nitrogens with zero attached hydrogens (tertiary/aromatic N) is 9. The quantitative estimate of drug-likeness (QED) is 0.0105. The summed E-state index contributed by atoms with van der Waals surface area (Å²) >= 11 is 0. The molecule has 28 nitrogen and oxygen atoms in total. The zero-order valence-electron chi connectivity index (χ0n) is 62.9. The summed E-state index contributed by atoms with van der Waals surface area (Å²) in [6.07, 6.45) is 14.2. The number of carbonyl (C=O) groups is 6. The van der Waals surface area contributed by atoms with Gasteiger partial charge in [0.1, 0.15) is 29.6 Å². The maximum atomic E-state index is 13.0. The van der Waals surface area contributed by atoms with E-state index in [2.05, 4.69) is 59.9 Å². The van der Waals surface area contributed by atoms with E-state index in [0.29, 0.717) is 40.3 Å². The van der Waals surface area contributed by atoms with E-state index in [1.54, 1.807) is 48.5 Å². The van der Waals surface area contributed by atoms with Gasteiger partial charge in [-0.2, -0.15) is 42.0 Å². The third-order valence-electron chi connectivity index (χ3n) is 17.0. The number of methoxy groups -OCH3 is 2. The molecule has 4 aliphatic carbocycles. The number of pyridine rings is 2. The van der Waals surface area contributed by atoms with Crippen molar-refractivity contribution in [3.05, 3.63) is 80.4 Å². The van der Waals surface area contributed by atoms with Gasteiger partial charge in [0.25, 0.3) is 0 Å². The number of aromatic nitrogens is 10. The van der Waals surface area contributed by atoms with Crippen molar-refractivity contribution in [2.24, 2.45) is 0 Å². The monoisotopic (exact) mass is 1480 g/mol. The summed E-state index contributed by atoms with van der Waals surface area (Å²) in [5.74, 6) is 2.34. The molecular weight excluding hydrogens is 1380 g/mol. The van der Waals surface area contributed by atoms with Crippen LogP contribution in [0.2, 0.25) is 0 Å². The molecule has 32 heteroatoms. The van der Waals surface area contributed by atoms with E-state index in [-0.39, 0.29) is 94.9 Å². The molecule has 4 aliphatic rings. The molecule has 10 rings (SSSR count). The second-order valence-corrected chi connectivity index (χ2v) is 30.8. The van der Waals surface area contributed by atoms with Gasteiger partial charge in [0.05, 0.1) is 101 Å². The SMILES string of the molecule is CC(C)(C)n1nc(C2CCC2)cc1N.CCOC(=O)C#CC(=O)OCC.CCOC(=O)C=C(Nc1cc(C2CCC2)nn1C(C)(C)C)C(=O)OC.CCOC(=O)c1cc(OS(=O)(=O)C(F)(F)F)c2c(C3CCC3)nn(C(C)(C)C)c2n1.COCC(=O)c1cc(=O)c2c(C3CCC3)nn(C(C)(C)C)c2[nH]1. The number of H-pyrrole nitrogens is 1. The molecule has 572 valence electrons. The number of esters is 5. The predicted octanol–water partition coefficient (Wildman–Crippen LogP) is 12.0. The maximum absolute atomic E-state index is 13.0. The van der Waals surface area contributed by atoms with Crippen LogP contribution in [0.4, 0.5) is 24.8 Å². The van der Waals surface area contributed by atoms with Crippen LogP contribution in [0.25, 0.3) is 22.1 Å². The molecule has 4 fully saturated rings. The minimum atomic E-state index is -5.97. The highest BCUT2D eigenvalue weighted by molar-refractivity contribution is 7.88. The van der Waals surface area contributed by atoms with Crippen LogP contribution in [0.15, 0.2) is 40.8 Å². The topological polar surface area (TPSA) is 356 Å². The van der Waals surface area contributed by atoms with Gasteiger partial charge in [0.15, 0.2) is 22.5 Å². The third kappa shape index (κ3) is 21.5. The molecule has 0 amide bonds. The van der Waals surface area contributed by atoms with Crippen molar-refractivity contribution in [3.8, 4) is 17.6 Å². The summed E-state index contributed by atoms with van der Waals surface area (Å²) in [6.45, 7) is 31.2. The molecule has 4 N–H and O–H groups in total. The molecule has 6 aromatic rings. The first-order chi connectivity index (χ1) is 48.5. The van der Waals surface area contributed by atoms with Crippen molar-refractivity contribution in [1.29, 1.82) is 0 Å². The number of aromatic amines is 1. The van der Waals surface area contributed by atoms with Crippen LogP contribution < -0.4 is 20.7 Å². The zero-order valence-corrected chi connectivity index (χ0v) is 63.7. The van der Waals surface area contributed by atoms with Crippen LogP contribution in [0.1, 0.15) is 255 Å². The maximum Gasteiger partial charge on any atom is 0.534 e.